The van der Waals surface area contributed by atoms with Crippen LogP contribution in [0.1, 0.15) is 28.3 Å². The summed E-state index contributed by atoms with van der Waals surface area (Å²) >= 11 is 1.45. The van der Waals surface area contributed by atoms with E-state index in [4.69, 9.17) is 9.52 Å². The van der Waals surface area contributed by atoms with Gasteiger partial charge in [-0.25, -0.2) is 4.79 Å². The third kappa shape index (κ3) is 4.14. The van der Waals surface area contributed by atoms with Crippen LogP contribution in [0.2, 0.25) is 0 Å². The van der Waals surface area contributed by atoms with E-state index in [9.17, 15) is 9.59 Å². The highest BCUT2D eigenvalue weighted by molar-refractivity contribution is 7.98. The van der Waals surface area contributed by atoms with Gasteiger partial charge in [-0.2, -0.15) is 11.8 Å². The quantitative estimate of drug-likeness (QED) is 0.622. The first-order chi connectivity index (χ1) is 8.04. The standard InChI is InChI=1S/C11H14O5S/c1-7-9(11(14)15-2)5-8(16-7)6-17-4-3-10(12)13/h5H,3-4,6H2,1-2H3,(H,12,13). The molecule has 5 nitrogen and oxygen atoms in total. The van der Waals surface area contributed by atoms with Crippen molar-refractivity contribution in [2.45, 2.75) is 19.1 Å². The van der Waals surface area contributed by atoms with Gasteiger partial charge in [-0.1, -0.05) is 0 Å². The van der Waals surface area contributed by atoms with E-state index in [1.54, 1.807) is 13.0 Å². The molecule has 94 valence electrons. The number of esters is 1. The van der Waals surface area contributed by atoms with E-state index < -0.39 is 11.9 Å². The number of thioether (sulfide) groups is 1. The van der Waals surface area contributed by atoms with Gasteiger partial charge in [0, 0.05) is 5.75 Å². The van der Waals surface area contributed by atoms with Gasteiger partial charge in [-0.05, 0) is 13.0 Å². The summed E-state index contributed by atoms with van der Waals surface area (Å²) < 4.78 is 9.98. The van der Waals surface area contributed by atoms with Crippen LogP contribution in [-0.4, -0.2) is 29.9 Å². The molecule has 0 aromatic carbocycles. The largest absolute Gasteiger partial charge is 0.481 e. The number of hydrogen-bond acceptors (Lipinski definition) is 5. The third-order valence-corrected chi connectivity index (χ3v) is 3.06. The Hall–Kier alpha value is -1.43. The minimum atomic E-state index is -0.816. The lowest BCUT2D eigenvalue weighted by Gasteiger charge is -1.95. The molecular weight excluding hydrogens is 244 g/mol. The molecule has 1 aromatic heterocycles. The average Bonchev–Trinajstić information content (AvgIpc) is 2.65. The molecule has 1 rings (SSSR count). The molecule has 1 heterocycles. The number of carboxylic acids is 1. The van der Waals surface area contributed by atoms with E-state index in [0.717, 1.165) is 0 Å². The van der Waals surface area contributed by atoms with Crippen LogP contribution in [0.3, 0.4) is 0 Å². The maximum absolute atomic E-state index is 11.3. The van der Waals surface area contributed by atoms with Gasteiger partial charge in [-0.3, -0.25) is 4.79 Å². The zero-order valence-electron chi connectivity index (χ0n) is 9.69. The molecule has 0 aliphatic carbocycles. The maximum Gasteiger partial charge on any atom is 0.341 e. The molecule has 0 radical (unpaired) electrons. The van der Waals surface area contributed by atoms with Crippen LogP contribution < -0.4 is 0 Å². The molecule has 0 bridgehead atoms. The zero-order chi connectivity index (χ0) is 12.8. The van der Waals surface area contributed by atoms with Crippen LogP contribution in [0.5, 0.6) is 0 Å². The van der Waals surface area contributed by atoms with Crippen molar-refractivity contribution in [3.05, 3.63) is 23.2 Å². The number of carbonyl (C=O) groups excluding carboxylic acids is 1. The summed E-state index contributed by atoms with van der Waals surface area (Å²) in [6.45, 7) is 1.69. The molecule has 0 unspecified atom stereocenters. The van der Waals surface area contributed by atoms with Gasteiger partial charge >= 0.3 is 11.9 Å². The smallest absolute Gasteiger partial charge is 0.341 e. The number of carbonyl (C=O) groups is 2. The van der Waals surface area contributed by atoms with E-state index in [1.807, 2.05) is 0 Å². The van der Waals surface area contributed by atoms with Gasteiger partial charge in [0.1, 0.15) is 17.1 Å². The summed E-state index contributed by atoms with van der Waals surface area (Å²) in [6, 6.07) is 1.63. The van der Waals surface area contributed by atoms with Crippen molar-refractivity contribution >= 4 is 23.7 Å². The topological polar surface area (TPSA) is 76.7 Å². The molecule has 0 aliphatic rings. The summed E-state index contributed by atoms with van der Waals surface area (Å²) in [5, 5.41) is 8.47. The van der Waals surface area contributed by atoms with Gasteiger partial charge in [0.15, 0.2) is 0 Å². The highest BCUT2D eigenvalue weighted by Gasteiger charge is 2.15. The summed E-state index contributed by atoms with van der Waals surface area (Å²) in [5.41, 5.74) is 0.418. The first kappa shape index (κ1) is 13.6. The van der Waals surface area contributed by atoms with E-state index in [2.05, 4.69) is 4.74 Å². The van der Waals surface area contributed by atoms with Gasteiger partial charge < -0.3 is 14.3 Å². The second-order valence-electron chi connectivity index (χ2n) is 3.37. The predicted octanol–water partition coefficient (Wildman–Crippen LogP) is 2.08. The van der Waals surface area contributed by atoms with Gasteiger partial charge in [-0.15, -0.1) is 0 Å². The molecular formula is C11H14O5S. The van der Waals surface area contributed by atoms with Gasteiger partial charge in [0.2, 0.25) is 0 Å². The predicted molar refractivity (Wildman–Crippen MR) is 63.2 cm³/mol. The Morgan fingerprint density at radius 2 is 2.24 bits per heavy atom. The van der Waals surface area contributed by atoms with E-state index in [-0.39, 0.29) is 6.42 Å². The van der Waals surface area contributed by atoms with Crippen LogP contribution in [0.15, 0.2) is 10.5 Å². The Morgan fingerprint density at radius 1 is 1.53 bits per heavy atom. The fourth-order valence-corrected chi connectivity index (χ4v) is 2.07. The summed E-state index contributed by atoms with van der Waals surface area (Å²) in [7, 11) is 1.32. The first-order valence-corrected chi connectivity index (χ1v) is 6.17. The highest BCUT2D eigenvalue weighted by atomic mass is 32.2. The number of ether oxygens (including phenoxy) is 1. The molecule has 17 heavy (non-hydrogen) atoms. The Balaban J connectivity index is 2.50. The van der Waals surface area contributed by atoms with Crippen molar-refractivity contribution in [1.29, 1.82) is 0 Å². The molecule has 0 atom stereocenters. The number of rotatable bonds is 6. The van der Waals surface area contributed by atoms with Gasteiger partial charge in [0.05, 0.1) is 19.3 Å². The lowest BCUT2D eigenvalue weighted by Crippen LogP contribution is -2.00. The molecule has 0 fully saturated rings. The molecule has 0 amide bonds. The Labute approximate surface area is 103 Å². The van der Waals surface area contributed by atoms with Crippen LogP contribution in [0.4, 0.5) is 0 Å². The number of methoxy groups -OCH3 is 1. The SMILES string of the molecule is COC(=O)c1cc(CSCCC(=O)O)oc1C. The van der Waals surface area contributed by atoms with Crippen LogP contribution >= 0.6 is 11.8 Å². The van der Waals surface area contributed by atoms with Crippen molar-refractivity contribution < 1.29 is 23.8 Å². The minimum Gasteiger partial charge on any atom is -0.481 e. The van der Waals surface area contributed by atoms with Crippen molar-refractivity contribution in [2.75, 3.05) is 12.9 Å². The van der Waals surface area contributed by atoms with Crippen molar-refractivity contribution in [3.8, 4) is 0 Å². The number of aliphatic carboxylic acids is 1. The fourth-order valence-electron chi connectivity index (χ4n) is 1.26. The number of hydrogen-bond donors (Lipinski definition) is 1. The molecule has 0 aliphatic heterocycles. The van der Waals surface area contributed by atoms with Crippen molar-refractivity contribution in [2.24, 2.45) is 0 Å². The molecule has 1 aromatic rings. The zero-order valence-corrected chi connectivity index (χ0v) is 10.5. The summed E-state index contributed by atoms with van der Waals surface area (Å²) in [6.07, 6.45) is 0.119. The average molecular weight is 258 g/mol. The first-order valence-electron chi connectivity index (χ1n) is 5.01. The molecule has 0 saturated carbocycles. The number of aryl methyl sites for hydroxylation is 1. The van der Waals surface area contributed by atoms with E-state index in [0.29, 0.717) is 28.6 Å². The Kier molecular flexibility index (Phi) is 5.09. The van der Waals surface area contributed by atoms with Gasteiger partial charge in [0.25, 0.3) is 0 Å². The second-order valence-corrected chi connectivity index (χ2v) is 4.48. The normalized spacial score (nSPS) is 10.2. The molecule has 0 saturated heterocycles. The molecule has 0 spiro atoms. The summed E-state index contributed by atoms with van der Waals surface area (Å²) in [4.78, 5) is 21.6. The van der Waals surface area contributed by atoms with Crippen LogP contribution in [0, 0.1) is 6.92 Å². The van der Waals surface area contributed by atoms with Crippen LogP contribution in [-0.2, 0) is 15.3 Å². The Morgan fingerprint density at radius 3 is 2.82 bits per heavy atom. The molecule has 1 N–H and O–H groups in total. The van der Waals surface area contributed by atoms with Crippen molar-refractivity contribution in [1.82, 2.24) is 0 Å². The fraction of sp³-hybridized carbons (Fsp3) is 0.455. The van der Waals surface area contributed by atoms with E-state index in [1.165, 1.54) is 18.9 Å². The number of furan rings is 1. The maximum atomic E-state index is 11.3. The van der Waals surface area contributed by atoms with E-state index >= 15 is 0 Å². The number of carboxylic acid groups (broad SMARTS) is 1. The van der Waals surface area contributed by atoms with Crippen LogP contribution in [0.25, 0.3) is 0 Å². The second kappa shape index (κ2) is 6.34. The monoisotopic (exact) mass is 258 g/mol. The third-order valence-electron chi connectivity index (χ3n) is 2.08. The highest BCUT2D eigenvalue weighted by Crippen LogP contribution is 2.20. The lowest BCUT2D eigenvalue weighted by atomic mass is 10.2. The Bertz CT molecular complexity index is 410. The molecule has 6 heteroatoms. The summed E-state index contributed by atoms with van der Waals surface area (Å²) in [5.74, 6) is 0.994. The minimum absolute atomic E-state index is 0.119. The van der Waals surface area contributed by atoms with Crippen molar-refractivity contribution in [3.63, 3.8) is 0 Å². The lowest BCUT2D eigenvalue weighted by molar-refractivity contribution is -0.136.